The minimum atomic E-state index is 0.00200. The Hall–Kier alpha value is -2.07. The molecule has 1 amide bonds. The third kappa shape index (κ3) is 2.58. The quantitative estimate of drug-likeness (QED) is 0.809. The fourth-order valence-electron chi connectivity index (χ4n) is 7.02. The molecule has 2 bridgehead atoms. The molecule has 2 aromatic carbocycles. The normalized spacial score (nSPS) is 34.8. The average molecular weight is 394 g/mol. The van der Waals surface area contributed by atoms with Crippen molar-refractivity contribution in [1.82, 2.24) is 5.32 Å². The molecule has 2 aliphatic carbocycles. The second-order valence-corrected chi connectivity index (χ2v) is 9.88. The zero-order valence-corrected chi connectivity index (χ0v) is 17.8. The van der Waals surface area contributed by atoms with Gasteiger partial charge in [-0.05, 0) is 58.8 Å². The highest BCUT2D eigenvalue weighted by molar-refractivity contribution is 5.88. The molecule has 0 unspecified atom stereocenters. The summed E-state index contributed by atoms with van der Waals surface area (Å²) in [6, 6.07) is 12.9. The van der Waals surface area contributed by atoms with Gasteiger partial charge in [-0.25, -0.2) is 0 Å². The maximum atomic E-state index is 12.1. The minimum absolute atomic E-state index is 0.00200. The first-order valence-corrected chi connectivity index (χ1v) is 10.8. The van der Waals surface area contributed by atoms with Gasteiger partial charge in [0.1, 0.15) is 5.75 Å². The standard InChI is InChI=1S/C25H31NO3/c1-15(27)26-23-24(2,3)17-13-19-22(29-12-11-25(19,23)14-17)21-18-8-6-5-7-16(18)9-10-20(21)28-4/h5-10,17,19,22-23H,11-14H2,1-4H3,(H,26,27)/t17-,19-,22+,23+,25-/m1/s1. The fourth-order valence-corrected chi connectivity index (χ4v) is 7.02. The predicted molar refractivity (Wildman–Crippen MR) is 114 cm³/mol. The van der Waals surface area contributed by atoms with E-state index in [1.165, 1.54) is 22.8 Å². The van der Waals surface area contributed by atoms with E-state index in [4.69, 9.17) is 9.47 Å². The molecule has 2 aromatic rings. The van der Waals surface area contributed by atoms with Gasteiger partial charge in [0.15, 0.2) is 0 Å². The average Bonchev–Trinajstić information content (AvgIpc) is 3.19. The largest absolute Gasteiger partial charge is 0.496 e. The number of hydrogen-bond acceptors (Lipinski definition) is 3. The Morgan fingerprint density at radius 3 is 2.76 bits per heavy atom. The van der Waals surface area contributed by atoms with Crippen molar-refractivity contribution in [3.63, 3.8) is 0 Å². The molecule has 3 fully saturated rings. The molecule has 3 aliphatic rings. The Labute approximate surface area is 173 Å². The van der Waals surface area contributed by atoms with Gasteiger partial charge in [-0.1, -0.05) is 44.2 Å². The summed E-state index contributed by atoms with van der Waals surface area (Å²) >= 11 is 0. The third-order valence-corrected chi connectivity index (χ3v) is 8.29. The van der Waals surface area contributed by atoms with Crippen molar-refractivity contribution in [3.05, 3.63) is 42.0 Å². The first-order valence-electron chi connectivity index (χ1n) is 10.8. The van der Waals surface area contributed by atoms with E-state index in [1.54, 1.807) is 14.0 Å². The number of amides is 1. The van der Waals surface area contributed by atoms with E-state index in [2.05, 4.69) is 55.6 Å². The van der Waals surface area contributed by atoms with Gasteiger partial charge in [0, 0.05) is 25.1 Å². The van der Waals surface area contributed by atoms with E-state index in [0.717, 1.165) is 25.2 Å². The van der Waals surface area contributed by atoms with Crippen LogP contribution < -0.4 is 10.1 Å². The lowest BCUT2D eigenvalue weighted by molar-refractivity contribution is -0.135. The molecule has 0 aromatic heterocycles. The van der Waals surface area contributed by atoms with Crippen LogP contribution in [0.5, 0.6) is 5.75 Å². The number of nitrogens with one attached hydrogen (secondary N) is 1. The van der Waals surface area contributed by atoms with Gasteiger partial charge < -0.3 is 14.8 Å². The topological polar surface area (TPSA) is 47.6 Å². The van der Waals surface area contributed by atoms with E-state index >= 15 is 0 Å². The van der Waals surface area contributed by atoms with Crippen LogP contribution >= 0.6 is 0 Å². The summed E-state index contributed by atoms with van der Waals surface area (Å²) in [5, 5.41) is 5.80. The molecule has 1 N–H and O–H groups in total. The molecule has 2 saturated carbocycles. The van der Waals surface area contributed by atoms with Crippen molar-refractivity contribution in [3.8, 4) is 5.75 Å². The van der Waals surface area contributed by atoms with Gasteiger partial charge in [-0.3, -0.25) is 4.79 Å². The molecule has 1 saturated heterocycles. The van der Waals surface area contributed by atoms with Crippen molar-refractivity contribution in [2.45, 2.75) is 52.2 Å². The molecule has 0 radical (unpaired) electrons. The lowest BCUT2D eigenvalue weighted by Gasteiger charge is -2.53. The Bertz CT molecular complexity index is 968. The number of benzene rings is 2. The zero-order valence-electron chi connectivity index (χ0n) is 17.8. The number of ether oxygens (including phenoxy) is 2. The third-order valence-electron chi connectivity index (χ3n) is 8.29. The van der Waals surface area contributed by atoms with Gasteiger partial charge in [0.05, 0.1) is 13.2 Å². The lowest BCUT2D eigenvalue weighted by atomic mass is 9.58. The summed E-state index contributed by atoms with van der Waals surface area (Å²) in [4.78, 5) is 12.1. The summed E-state index contributed by atoms with van der Waals surface area (Å²) in [6.45, 7) is 7.06. The number of carbonyl (C=O) groups excluding carboxylic acids is 1. The SMILES string of the molecule is COc1ccc2ccccc2c1[C@H]1OCC[C@@]23C[C@@H](C[C@H]12)C(C)(C)[C@@H]3NC(C)=O. The van der Waals surface area contributed by atoms with E-state index in [9.17, 15) is 4.79 Å². The molecule has 4 nitrogen and oxygen atoms in total. The highest BCUT2D eigenvalue weighted by atomic mass is 16.5. The smallest absolute Gasteiger partial charge is 0.217 e. The van der Waals surface area contributed by atoms with Gasteiger partial charge >= 0.3 is 0 Å². The molecule has 5 rings (SSSR count). The number of methoxy groups -OCH3 is 1. The Kier molecular flexibility index (Phi) is 4.22. The second-order valence-electron chi connectivity index (χ2n) is 9.88. The number of hydrogen-bond donors (Lipinski definition) is 1. The molecular formula is C25H31NO3. The van der Waals surface area contributed by atoms with Crippen molar-refractivity contribution in [1.29, 1.82) is 0 Å². The van der Waals surface area contributed by atoms with Crippen molar-refractivity contribution >= 4 is 16.7 Å². The monoisotopic (exact) mass is 393 g/mol. The van der Waals surface area contributed by atoms with Crippen LogP contribution in [0.4, 0.5) is 0 Å². The molecule has 1 aliphatic heterocycles. The zero-order chi connectivity index (χ0) is 20.4. The van der Waals surface area contributed by atoms with Crippen LogP contribution in [0, 0.1) is 22.7 Å². The van der Waals surface area contributed by atoms with Crippen LogP contribution in [0.3, 0.4) is 0 Å². The van der Waals surface area contributed by atoms with Crippen LogP contribution in [-0.4, -0.2) is 25.7 Å². The summed E-state index contributed by atoms with van der Waals surface area (Å²) in [5.41, 5.74) is 1.40. The van der Waals surface area contributed by atoms with Gasteiger partial charge in [-0.2, -0.15) is 0 Å². The maximum absolute atomic E-state index is 12.1. The number of fused-ring (bicyclic) bond motifs is 2. The van der Waals surface area contributed by atoms with Crippen molar-refractivity contribution in [2.75, 3.05) is 13.7 Å². The number of rotatable bonds is 3. The van der Waals surface area contributed by atoms with E-state index in [0.29, 0.717) is 11.8 Å². The first-order chi connectivity index (χ1) is 13.9. The first kappa shape index (κ1) is 18.9. The van der Waals surface area contributed by atoms with Crippen LogP contribution in [0.15, 0.2) is 36.4 Å². The van der Waals surface area contributed by atoms with Crippen LogP contribution in [0.1, 0.15) is 51.7 Å². The Balaban J connectivity index is 1.64. The predicted octanol–water partition coefficient (Wildman–Crippen LogP) is 4.87. The van der Waals surface area contributed by atoms with Gasteiger partial charge in [-0.15, -0.1) is 0 Å². The molecular weight excluding hydrogens is 362 g/mol. The Morgan fingerprint density at radius 1 is 1.21 bits per heavy atom. The van der Waals surface area contributed by atoms with Crippen molar-refractivity contribution < 1.29 is 14.3 Å². The molecule has 5 atom stereocenters. The molecule has 29 heavy (non-hydrogen) atoms. The van der Waals surface area contributed by atoms with E-state index < -0.39 is 0 Å². The minimum Gasteiger partial charge on any atom is -0.496 e. The molecule has 1 heterocycles. The highest BCUT2D eigenvalue weighted by Gasteiger charge is 2.68. The molecule has 1 spiro atoms. The fraction of sp³-hybridized carbons (Fsp3) is 0.560. The summed E-state index contributed by atoms with van der Waals surface area (Å²) in [7, 11) is 1.75. The van der Waals surface area contributed by atoms with Gasteiger partial charge in [0.25, 0.3) is 0 Å². The van der Waals surface area contributed by atoms with Crippen LogP contribution in [0.2, 0.25) is 0 Å². The summed E-state index contributed by atoms with van der Waals surface area (Å²) in [5.74, 6) is 1.98. The summed E-state index contributed by atoms with van der Waals surface area (Å²) in [6.07, 6.45) is 3.36. The highest BCUT2D eigenvalue weighted by Crippen LogP contribution is 2.71. The molecule has 4 heteroatoms. The van der Waals surface area contributed by atoms with Crippen molar-refractivity contribution in [2.24, 2.45) is 22.7 Å². The Morgan fingerprint density at radius 2 is 2.00 bits per heavy atom. The summed E-state index contributed by atoms with van der Waals surface area (Å²) < 4.78 is 12.3. The van der Waals surface area contributed by atoms with Gasteiger partial charge in [0.2, 0.25) is 5.91 Å². The second kappa shape index (κ2) is 6.46. The van der Waals surface area contributed by atoms with Crippen LogP contribution in [0.25, 0.3) is 10.8 Å². The van der Waals surface area contributed by atoms with E-state index in [-0.39, 0.29) is 28.9 Å². The van der Waals surface area contributed by atoms with E-state index in [1.807, 2.05) is 0 Å². The maximum Gasteiger partial charge on any atom is 0.217 e. The lowest BCUT2D eigenvalue weighted by Crippen LogP contribution is -2.58. The molecule has 154 valence electrons. The van der Waals surface area contributed by atoms with Crippen LogP contribution in [-0.2, 0) is 9.53 Å². The number of carbonyl (C=O) groups is 1.